The Morgan fingerprint density at radius 2 is 0.970 bits per heavy atom. The highest BCUT2D eigenvalue weighted by atomic mass is 14.1. The van der Waals surface area contributed by atoms with Gasteiger partial charge in [0, 0.05) is 0 Å². The van der Waals surface area contributed by atoms with Crippen molar-refractivity contribution in [1.29, 1.82) is 0 Å². The van der Waals surface area contributed by atoms with Crippen LogP contribution in [0.15, 0.2) is 12.2 Å². The topological polar surface area (TPSA) is 0 Å². The van der Waals surface area contributed by atoms with Gasteiger partial charge < -0.3 is 0 Å². The first-order valence-corrected chi connectivity index (χ1v) is 15.5. The van der Waals surface area contributed by atoms with Gasteiger partial charge in [0.05, 0.1) is 0 Å². The van der Waals surface area contributed by atoms with E-state index in [1.165, 1.54) is 89.9 Å². The van der Waals surface area contributed by atoms with Gasteiger partial charge in [0.15, 0.2) is 0 Å². The van der Waals surface area contributed by atoms with Gasteiger partial charge in [0.2, 0.25) is 0 Å². The van der Waals surface area contributed by atoms with Crippen LogP contribution in [0.4, 0.5) is 0 Å². The average molecular weight is 471 g/mol. The van der Waals surface area contributed by atoms with Crippen LogP contribution in [0.25, 0.3) is 0 Å². The normalized spacial score (nSPS) is 14.0. The first-order chi connectivity index (χ1) is 15.8. The first kappa shape index (κ1) is 42.9. The van der Waals surface area contributed by atoms with Gasteiger partial charge in [-0.2, -0.15) is 0 Å². The molecule has 0 saturated heterocycles. The Labute approximate surface area is 216 Å². The maximum Gasteiger partial charge on any atom is -0.0379 e. The Bertz CT molecular complexity index is 268. The molecule has 0 nitrogen and oxygen atoms in total. The van der Waals surface area contributed by atoms with E-state index in [1.54, 1.807) is 0 Å². The third-order valence-electron chi connectivity index (χ3n) is 5.42. The van der Waals surface area contributed by atoms with Crippen LogP contribution in [0.1, 0.15) is 186 Å². The summed E-state index contributed by atoms with van der Waals surface area (Å²) >= 11 is 0. The number of unbranched alkanes of at least 4 members (excludes halogenated alkanes) is 1. The Balaban J connectivity index is -0.000000124. The molecule has 0 heterocycles. The molecule has 1 fully saturated rings. The Hall–Kier alpha value is -0.260. The number of allylic oxidation sites excluding steroid dienone is 2. The van der Waals surface area contributed by atoms with E-state index in [-0.39, 0.29) is 0 Å². The van der Waals surface area contributed by atoms with Crippen LogP contribution < -0.4 is 0 Å². The van der Waals surface area contributed by atoms with Crippen LogP contribution in [-0.2, 0) is 0 Å². The molecule has 0 bridgehead atoms. The molecular formula is C33H74. The van der Waals surface area contributed by atoms with Gasteiger partial charge in [-0.3, -0.25) is 0 Å². The van der Waals surface area contributed by atoms with Crippen molar-refractivity contribution in [3.63, 3.8) is 0 Å². The van der Waals surface area contributed by atoms with Gasteiger partial charge in [-0.1, -0.05) is 179 Å². The van der Waals surface area contributed by atoms with Crippen molar-refractivity contribution < 1.29 is 0 Å². The molecule has 0 heteroatoms. The smallest absolute Gasteiger partial charge is 0.0379 e. The predicted molar refractivity (Wildman–Crippen MR) is 163 cm³/mol. The van der Waals surface area contributed by atoms with Crippen LogP contribution >= 0.6 is 0 Å². The quantitative estimate of drug-likeness (QED) is 0.263. The minimum Gasteiger partial charge on any atom is -0.0917 e. The minimum atomic E-state index is 0.935. The fourth-order valence-corrected chi connectivity index (χ4v) is 2.98. The van der Waals surface area contributed by atoms with Gasteiger partial charge in [0.1, 0.15) is 0 Å². The SMILES string of the molecule is C1CCC1.CC.CC=CCC.CCC.CCC.CCCCC(C)CC(C)CCCC(C)CC. The van der Waals surface area contributed by atoms with E-state index in [1.807, 2.05) is 20.8 Å². The summed E-state index contributed by atoms with van der Waals surface area (Å²) in [5.74, 6) is 2.82. The molecule has 0 spiro atoms. The summed E-state index contributed by atoms with van der Waals surface area (Å²) in [7, 11) is 0. The van der Waals surface area contributed by atoms with Crippen LogP contribution in [0.5, 0.6) is 0 Å². The van der Waals surface area contributed by atoms with E-state index < -0.39 is 0 Å². The van der Waals surface area contributed by atoms with Crippen LogP contribution in [-0.4, -0.2) is 0 Å². The highest BCUT2D eigenvalue weighted by Crippen LogP contribution is 2.23. The summed E-state index contributed by atoms with van der Waals surface area (Å²) in [5.41, 5.74) is 0. The van der Waals surface area contributed by atoms with Gasteiger partial charge in [0.25, 0.3) is 0 Å². The van der Waals surface area contributed by atoms with E-state index in [2.05, 4.69) is 81.4 Å². The van der Waals surface area contributed by atoms with Crippen LogP contribution in [0.3, 0.4) is 0 Å². The summed E-state index contributed by atoms with van der Waals surface area (Å²) in [4.78, 5) is 0. The minimum absolute atomic E-state index is 0.935. The number of hydrogen-bond acceptors (Lipinski definition) is 0. The Morgan fingerprint density at radius 1 is 0.606 bits per heavy atom. The molecule has 3 unspecified atom stereocenters. The third kappa shape index (κ3) is 59.4. The summed E-state index contributed by atoms with van der Waals surface area (Å²) in [6.07, 6.45) is 25.2. The van der Waals surface area contributed by atoms with Gasteiger partial charge >= 0.3 is 0 Å². The van der Waals surface area contributed by atoms with Crippen molar-refractivity contribution in [3.05, 3.63) is 12.2 Å². The average Bonchev–Trinajstić information content (AvgIpc) is 2.74. The molecule has 0 amide bonds. The van der Waals surface area contributed by atoms with Crippen molar-refractivity contribution in [3.8, 4) is 0 Å². The van der Waals surface area contributed by atoms with Gasteiger partial charge in [-0.15, -0.1) is 0 Å². The molecule has 1 rings (SSSR count). The molecule has 0 aromatic heterocycles. The molecular weight excluding hydrogens is 396 g/mol. The number of hydrogen-bond donors (Lipinski definition) is 0. The Kier molecular flexibility index (Phi) is 58.8. The second-order valence-corrected chi connectivity index (χ2v) is 9.84. The maximum absolute atomic E-state index is 2.44. The second-order valence-electron chi connectivity index (χ2n) is 9.84. The van der Waals surface area contributed by atoms with E-state index >= 15 is 0 Å². The monoisotopic (exact) mass is 471 g/mol. The molecule has 0 aromatic rings. The molecule has 0 aromatic carbocycles. The highest BCUT2D eigenvalue weighted by molar-refractivity contribution is 4.73. The molecule has 1 aliphatic rings. The van der Waals surface area contributed by atoms with Crippen molar-refractivity contribution in [2.24, 2.45) is 17.8 Å². The molecule has 1 aliphatic carbocycles. The molecule has 206 valence electrons. The zero-order valence-corrected chi connectivity index (χ0v) is 26.5. The highest BCUT2D eigenvalue weighted by Gasteiger charge is 2.09. The summed E-state index contributed by atoms with van der Waals surface area (Å²) in [6, 6.07) is 0. The Morgan fingerprint density at radius 3 is 1.21 bits per heavy atom. The lowest BCUT2D eigenvalue weighted by molar-refractivity contribution is 0.350. The third-order valence-corrected chi connectivity index (χ3v) is 5.42. The largest absolute Gasteiger partial charge is 0.0917 e. The van der Waals surface area contributed by atoms with Crippen molar-refractivity contribution >= 4 is 0 Å². The molecule has 1 saturated carbocycles. The standard InChI is InChI=1S/C16H34.C5H10.C4H8.2C3H8.C2H6/c1-6-8-10-15(4)13-16(5)12-9-11-14(3)7-2;1-3-5-4-2;1-2-4-3-1;2*1-3-2;1-2/h14-16H,6-13H2,1-5H3;3,5H,4H2,1-2H3;1-4H2;2*3H2,1-2H3;1-2H3. The van der Waals surface area contributed by atoms with E-state index in [0.29, 0.717) is 0 Å². The molecule has 3 atom stereocenters. The van der Waals surface area contributed by atoms with Gasteiger partial charge in [-0.25, -0.2) is 0 Å². The lowest BCUT2D eigenvalue weighted by Gasteiger charge is -2.17. The van der Waals surface area contributed by atoms with Crippen LogP contribution in [0.2, 0.25) is 0 Å². The molecule has 0 N–H and O–H groups in total. The molecule has 0 aliphatic heterocycles. The maximum atomic E-state index is 2.44. The van der Waals surface area contributed by atoms with E-state index in [9.17, 15) is 0 Å². The lowest BCUT2D eigenvalue weighted by Crippen LogP contribution is -2.04. The van der Waals surface area contributed by atoms with E-state index in [4.69, 9.17) is 0 Å². The molecule has 33 heavy (non-hydrogen) atoms. The van der Waals surface area contributed by atoms with Crippen molar-refractivity contribution in [2.75, 3.05) is 0 Å². The summed E-state index contributed by atoms with van der Waals surface area (Å²) in [6.45, 7) is 28.5. The predicted octanol–water partition coefficient (Wildman–Crippen LogP) is 13.4. The zero-order valence-electron chi connectivity index (χ0n) is 26.5. The fourth-order valence-electron chi connectivity index (χ4n) is 2.98. The summed E-state index contributed by atoms with van der Waals surface area (Å²) in [5, 5.41) is 0. The van der Waals surface area contributed by atoms with E-state index in [0.717, 1.165) is 24.2 Å². The van der Waals surface area contributed by atoms with Crippen molar-refractivity contribution in [1.82, 2.24) is 0 Å². The van der Waals surface area contributed by atoms with Crippen molar-refractivity contribution in [2.45, 2.75) is 186 Å². The number of rotatable bonds is 11. The first-order valence-electron chi connectivity index (χ1n) is 15.5. The van der Waals surface area contributed by atoms with Crippen LogP contribution in [0, 0.1) is 17.8 Å². The van der Waals surface area contributed by atoms with Gasteiger partial charge in [-0.05, 0) is 37.5 Å². The second kappa shape index (κ2) is 45.3. The zero-order chi connectivity index (χ0) is 26.8. The molecule has 0 radical (unpaired) electrons. The fraction of sp³-hybridized carbons (Fsp3) is 0.939. The lowest BCUT2D eigenvalue weighted by atomic mass is 9.89. The summed E-state index contributed by atoms with van der Waals surface area (Å²) < 4.78 is 0.